The number of aromatic nitrogens is 2. The van der Waals surface area contributed by atoms with E-state index in [1.54, 1.807) is 4.90 Å². The monoisotopic (exact) mass is 294 g/mol. The van der Waals surface area contributed by atoms with Crippen LogP contribution in [0.15, 0.2) is 6.20 Å². The highest BCUT2D eigenvalue weighted by molar-refractivity contribution is 5.68. The van der Waals surface area contributed by atoms with E-state index in [0.29, 0.717) is 5.92 Å². The molecule has 0 aliphatic carbocycles. The van der Waals surface area contributed by atoms with Crippen LogP contribution in [0.25, 0.3) is 0 Å². The summed E-state index contributed by atoms with van der Waals surface area (Å²) in [5.41, 5.74) is 0.667. The van der Waals surface area contributed by atoms with Gasteiger partial charge in [-0.1, -0.05) is 0 Å². The van der Waals surface area contributed by atoms with Gasteiger partial charge in [0.1, 0.15) is 11.4 Å². The Hall–Kier alpha value is -1.56. The third kappa shape index (κ3) is 5.04. The smallest absolute Gasteiger partial charge is 0.410 e. The number of H-pyrrole nitrogens is 1. The van der Waals surface area contributed by atoms with Crippen LogP contribution >= 0.6 is 0 Å². The molecule has 0 bridgehead atoms. The predicted octanol–water partition coefficient (Wildman–Crippen LogP) is 2.06. The van der Waals surface area contributed by atoms with Gasteiger partial charge >= 0.3 is 6.09 Å². The van der Waals surface area contributed by atoms with Crippen LogP contribution in [0.1, 0.15) is 38.7 Å². The van der Waals surface area contributed by atoms with Crippen LogP contribution in [-0.2, 0) is 11.3 Å². The van der Waals surface area contributed by atoms with Crippen molar-refractivity contribution in [3.63, 3.8) is 0 Å². The Kier molecular flexibility index (Phi) is 4.88. The minimum Gasteiger partial charge on any atom is -0.444 e. The summed E-state index contributed by atoms with van der Waals surface area (Å²) in [5, 5.41) is 3.41. The summed E-state index contributed by atoms with van der Waals surface area (Å²) in [7, 11) is 0. The maximum Gasteiger partial charge on any atom is 0.410 e. The molecule has 0 radical (unpaired) electrons. The summed E-state index contributed by atoms with van der Waals surface area (Å²) in [5.74, 6) is 1.42. The summed E-state index contributed by atoms with van der Waals surface area (Å²) in [6.07, 6.45) is 2.67. The summed E-state index contributed by atoms with van der Waals surface area (Å²) in [6, 6.07) is 0. The summed E-state index contributed by atoms with van der Waals surface area (Å²) in [6.45, 7) is 10.9. The zero-order valence-corrected chi connectivity index (χ0v) is 13.4. The Labute approximate surface area is 126 Å². The molecule has 0 aromatic carbocycles. The lowest BCUT2D eigenvalue weighted by molar-refractivity contribution is 0.0288. The van der Waals surface area contributed by atoms with Crippen molar-refractivity contribution in [2.75, 3.05) is 19.6 Å². The molecular weight excluding hydrogens is 268 g/mol. The highest BCUT2D eigenvalue weighted by Gasteiger charge is 2.29. The minimum atomic E-state index is -0.425. The van der Waals surface area contributed by atoms with Gasteiger partial charge < -0.3 is 19.9 Å². The number of nitrogens with one attached hydrogen (secondary N) is 2. The first-order valence-corrected chi connectivity index (χ1v) is 7.52. The van der Waals surface area contributed by atoms with Gasteiger partial charge in [0.05, 0.1) is 0 Å². The van der Waals surface area contributed by atoms with Crippen molar-refractivity contribution >= 4 is 6.09 Å². The van der Waals surface area contributed by atoms with E-state index in [9.17, 15) is 4.79 Å². The van der Waals surface area contributed by atoms with Crippen molar-refractivity contribution in [2.45, 2.75) is 46.3 Å². The molecule has 1 saturated heterocycles. The van der Waals surface area contributed by atoms with Gasteiger partial charge in [0.25, 0.3) is 0 Å². The maximum atomic E-state index is 12.0. The van der Waals surface area contributed by atoms with E-state index in [0.717, 1.165) is 44.1 Å². The number of amides is 1. The predicted molar refractivity (Wildman–Crippen MR) is 80.9 cm³/mol. The molecule has 6 nitrogen and oxygen atoms in total. The van der Waals surface area contributed by atoms with Crippen LogP contribution in [0.4, 0.5) is 4.79 Å². The van der Waals surface area contributed by atoms with Crippen molar-refractivity contribution in [3.8, 4) is 0 Å². The Morgan fingerprint density at radius 1 is 1.57 bits per heavy atom. The second-order valence-electron chi connectivity index (χ2n) is 6.71. The van der Waals surface area contributed by atoms with E-state index in [2.05, 4.69) is 15.3 Å². The molecule has 1 aromatic heterocycles. The molecule has 0 spiro atoms. The fourth-order valence-electron chi connectivity index (χ4n) is 2.46. The summed E-state index contributed by atoms with van der Waals surface area (Å²) >= 11 is 0. The molecule has 1 aliphatic rings. The quantitative estimate of drug-likeness (QED) is 0.892. The Morgan fingerprint density at radius 3 is 2.95 bits per heavy atom. The number of rotatable bonds is 4. The Bertz CT molecular complexity index is 478. The number of carbonyl (C=O) groups excluding carboxylic acids is 1. The van der Waals surface area contributed by atoms with Crippen LogP contribution in [-0.4, -0.2) is 46.2 Å². The van der Waals surface area contributed by atoms with Crippen molar-refractivity contribution in [1.82, 2.24) is 20.2 Å². The van der Waals surface area contributed by atoms with Crippen LogP contribution in [0, 0.1) is 12.8 Å². The molecule has 21 heavy (non-hydrogen) atoms. The molecule has 0 saturated carbocycles. The molecule has 2 N–H and O–H groups in total. The second-order valence-corrected chi connectivity index (χ2v) is 6.71. The minimum absolute atomic E-state index is 0.200. The van der Waals surface area contributed by atoms with Gasteiger partial charge in [-0.05, 0) is 40.0 Å². The van der Waals surface area contributed by atoms with E-state index in [1.807, 2.05) is 33.9 Å². The van der Waals surface area contributed by atoms with E-state index in [-0.39, 0.29) is 6.09 Å². The number of hydrogen-bond donors (Lipinski definition) is 2. The number of aromatic amines is 1. The topological polar surface area (TPSA) is 70.2 Å². The van der Waals surface area contributed by atoms with Crippen molar-refractivity contribution < 1.29 is 9.53 Å². The molecule has 2 heterocycles. The van der Waals surface area contributed by atoms with Crippen molar-refractivity contribution in [1.29, 1.82) is 0 Å². The van der Waals surface area contributed by atoms with E-state index in [1.165, 1.54) is 0 Å². The number of ether oxygens (including phenoxy) is 1. The number of imidazole rings is 1. The third-order valence-electron chi connectivity index (χ3n) is 3.44. The lowest BCUT2D eigenvalue weighted by Crippen LogP contribution is -2.36. The lowest BCUT2D eigenvalue weighted by atomic mass is 10.1. The highest BCUT2D eigenvalue weighted by Crippen LogP contribution is 2.19. The zero-order valence-electron chi connectivity index (χ0n) is 13.4. The fraction of sp³-hybridized carbons (Fsp3) is 0.733. The number of carbonyl (C=O) groups is 1. The van der Waals surface area contributed by atoms with Gasteiger partial charge in [-0.3, -0.25) is 0 Å². The van der Waals surface area contributed by atoms with E-state index in [4.69, 9.17) is 4.74 Å². The average molecular weight is 294 g/mol. The first-order valence-electron chi connectivity index (χ1n) is 7.52. The number of hydrogen-bond acceptors (Lipinski definition) is 4. The summed E-state index contributed by atoms with van der Waals surface area (Å²) < 4.78 is 5.40. The van der Waals surface area contributed by atoms with Gasteiger partial charge in [0, 0.05) is 38.1 Å². The molecule has 118 valence electrons. The zero-order chi connectivity index (χ0) is 15.5. The van der Waals surface area contributed by atoms with Crippen LogP contribution in [0.3, 0.4) is 0 Å². The van der Waals surface area contributed by atoms with Crippen LogP contribution < -0.4 is 5.32 Å². The number of likely N-dealkylation sites (tertiary alicyclic amines) is 1. The normalized spacial score (nSPS) is 19.0. The maximum absolute atomic E-state index is 12.0. The molecule has 1 aromatic rings. The highest BCUT2D eigenvalue weighted by atomic mass is 16.6. The van der Waals surface area contributed by atoms with Gasteiger partial charge in [-0.2, -0.15) is 0 Å². The van der Waals surface area contributed by atoms with Gasteiger partial charge in [0.2, 0.25) is 0 Å². The largest absolute Gasteiger partial charge is 0.444 e. The first kappa shape index (κ1) is 15.8. The van der Waals surface area contributed by atoms with E-state index >= 15 is 0 Å². The lowest BCUT2D eigenvalue weighted by Gasteiger charge is -2.24. The third-order valence-corrected chi connectivity index (χ3v) is 3.44. The molecule has 1 amide bonds. The Balaban J connectivity index is 1.69. The van der Waals surface area contributed by atoms with Gasteiger partial charge in [-0.15, -0.1) is 0 Å². The number of aryl methyl sites for hydroxylation is 1. The molecule has 2 rings (SSSR count). The fourth-order valence-corrected chi connectivity index (χ4v) is 2.46. The molecule has 1 unspecified atom stereocenters. The van der Waals surface area contributed by atoms with Gasteiger partial charge in [-0.25, -0.2) is 9.78 Å². The first-order chi connectivity index (χ1) is 9.83. The molecular formula is C15H26N4O2. The average Bonchev–Trinajstić information content (AvgIpc) is 2.97. The Morgan fingerprint density at radius 2 is 2.33 bits per heavy atom. The van der Waals surface area contributed by atoms with Crippen LogP contribution in [0.2, 0.25) is 0 Å². The van der Waals surface area contributed by atoms with Gasteiger partial charge in [0.15, 0.2) is 0 Å². The number of nitrogens with zero attached hydrogens (tertiary/aromatic N) is 2. The summed E-state index contributed by atoms with van der Waals surface area (Å²) in [4.78, 5) is 21.1. The second kappa shape index (κ2) is 6.47. The van der Waals surface area contributed by atoms with Crippen LogP contribution in [0.5, 0.6) is 0 Å². The molecule has 1 aliphatic heterocycles. The molecule has 1 atom stereocenters. The SMILES string of the molecule is Cc1ncc(CNCC2CCN(C(=O)OC(C)(C)C)C2)[nH]1. The van der Waals surface area contributed by atoms with Crippen molar-refractivity contribution in [3.05, 3.63) is 17.7 Å². The van der Waals surface area contributed by atoms with E-state index < -0.39 is 5.60 Å². The standard InChI is InChI=1S/C15H26N4O2/c1-11-17-9-13(18-11)8-16-7-12-5-6-19(10-12)14(20)21-15(2,3)4/h9,12,16H,5-8,10H2,1-4H3,(H,17,18). The molecule has 1 fully saturated rings. The van der Waals surface area contributed by atoms with Crippen molar-refractivity contribution in [2.24, 2.45) is 5.92 Å². The molecule has 6 heteroatoms.